The van der Waals surface area contributed by atoms with E-state index in [1.807, 2.05) is 60.7 Å². The van der Waals surface area contributed by atoms with Gasteiger partial charge in [0.05, 0.1) is 23.8 Å². The largest absolute Gasteiger partial charge is 0.256 e. The van der Waals surface area contributed by atoms with E-state index in [0.717, 1.165) is 28.1 Å². The van der Waals surface area contributed by atoms with Crippen LogP contribution < -0.4 is 0 Å². The van der Waals surface area contributed by atoms with Crippen molar-refractivity contribution in [2.75, 3.05) is 0 Å². The summed E-state index contributed by atoms with van der Waals surface area (Å²) in [5.41, 5.74) is 6.07. The predicted octanol–water partition coefficient (Wildman–Crippen LogP) is 4.12. The minimum absolute atomic E-state index is 0.629. The summed E-state index contributed by atoms with van der Waals surface area (Å²) >= 11 is 0. The predicted molar refractivity (Wildman–Crippen MR) is 113 cm³/mol. The lowest BCUT2D eigenvalue weighted by atomic mass is 9.98. The van der Waals surface area contributed by atoms with E-state index in [-0.39, 0.29) is 0 Å². The van der Waals surface area contributed by atoms with Crippen LogP contribution in [0, 0.1) is 0 Å². The topological polar surface area (TPSA) is 90.2 Å². The van der Waals surface area contributed by atoms with Gasteiger partial charge in [-0.05, 0) is 48.5 Å². The average molecular weight is 389 g/mol. The zero-order chi connectivity index (χ0) is 20.2. The van der Waals surface area contributed by atoms with E-state index < -0.39 is 0 Å². The third-order valence-corrected chi connectivity index (χ3v) is 4.61. The van der Waals surface area contributed by atoms with Crippen molar-refractivity contribution in [3.63, 3.8) is 0 Å². The highest BCUT2D eigenvalue weighted by atomic mass is 15.1. The van der Waals surface area contributed by atoms with E-state index in [9.17, 15) is 0 Å². The second kappa shape index (κ2) is 7.92. The molecule has 0 fully saturated rings. The molecule has 7 nitrogen and oxygen atoms in total. The molecule has 7 heteroatoms. The van der Waals surface area contributed by atoms with Gasteiger partial charge in [0.15, 0.2) is 0 Å². The summed E-state index contributed by atoms with van der Waals surface area (Å²) in [6.07, 6.45) is 8.54. The molecule has 0 N–H and O–H groups in total. The molecule has 0 aliphatic carbocycles. The van der Waals surface area contributed by atoms with Crippen LogP contribution in [0.2, 0.25) is 0 Å². The molecule has 0 aliphatic heterocycles. The Balaban J connectivity index is 1.73. The fraction of sp³-hybridized carbons (Fsp3) is 0. The van der Waals surface area contributed by atoms with Crippen LogP contribution >= 0.6 is 0 Å². The second-order valence-corrected chi connectivity index (χ2v) is 6.42. The Morgan fingerprint density at radius 1 is 0.400 bits per heavy atom. The van der Waals surface area contributed by atoms with E-state index in [1.165, 1.54) is 0 Å². The highest BCUT2D eigenvalue weighted by Gasteiger charge is 2.19. The molecule has 0 aliphatic rings. The maximum atomic E-state index is 4.63. The maximum Gasteiger partial charge on any atom is 0.121 e. The van der Waals surface area contributed by atoms with Gasteiger partial charge in [-0.2, -0.15) is 10.2 Å². The molecule has 5 aromatic heterocycles. The molecule has 0 radical (unpaired) electrons. The first kappa shape index (κ1) is 17.7. The normalized spacial score (nSPS) is 10.7. The molecule has 0 spiro atoms. The summed E-state index contributed by atoms with van der Waals surface area (Å²) in [5, 5.41) is 17.0. The standard InChI is InChI=1S/C23H15N7/c1-3-11-24-19(7-1)16-9-14-27-29-21(16)18-6-5-13-26-22(18)23-17(10-15-28-30-23)20-8-2-4-12-25-20/h1-15H. The summed E-state index contributed by atoms with van der Waals surface area (Å²) in [6.45, 7) is 0. The molecule has 0 aromatic carbocycles. The van der Waals surface area contributed by atoms with Crippen molar-refractivity contribution in [3.8, 4) is 45.2 Å². The first-order valence-corrected chi connectivity index (χ1v) is 9.34. The lowest BCUT2D eigenvalue weighted by Crippen LogP contribution is -2.00. The fourth-order valence-electron chi connectivity index (χ4n) is 3.28. The zero-order valence-corrected chi connectivity index (χ0v) is 15.8. The Kier molecular flexibility index (Phi) is 4.67. The maximum absolute atomic E-state index is 4.63. The quantitative estimate of drug-likeness (QED) is 0.457. The van der Waals surface area contributed by atoms with Crippen molar-refractivity contribution >= 4 is 0 Å². The molecule has 5 heterocycles. The Morgan fingerprint density at radius 2 is 1.00 bits per heavy atom. The van der Waals surface area contributed by atoms with Crippen LogP contribution in [0.15, 0.2) is 91.6 Å². The third kappa shape index (κ3) is 3.29. The molecule has 5 rings (SSSR count). The van der Waals surface area contributed by atoms with Crippen LogP contribution in [0.5, 0.6) is 0 Å². The number of rotatable bonds is 4. The average Bonchev–Trinajstić information content (AvgIpc) is 2.85. The van der Waals surface area contributed by atoms with E-state index in [2.05, 4.69) is 35.3 Å². The van der Waals surface area contributed by atoms with Crippen LogP contribution in [0.25, 0.3) is 45.2 Å². The van der Waals surface area contributed by atoms with Gasteiger partial charge < -0.3 is 0 Å². The number of aromatic nitrogens is 7. The Bertz CT molecular complexity index is 1190. The molecular formula is C23H15N7. The summed E-state index contributed by atoms with van der Waals surface area (Å²) in [6, 6.07) is 19.1. The van der Waals surface area contributed by atoms with Gasteiger partial charge in [0, 0.05) is 35.3 Å². The molecule has 0 saturated carbocycles. The van der Waals surface area contributed by atoms with Crippen molar-refractivity contribution in [3.05, 3.63) is 91.6 Å². The molecule has 0 amide bonds. The number of hydrogen-bond acceptors (Lipinski definition) is 7. The first-order chi connectivity index (χ1) is 14.9. The number of nitrogens with zero attached hydrogens (tertiary/aromatic N) is 7. The van der Waals surface area contributed by atoms with Gasteiger partial charge in [0.2, 0.25) is 0 Å². The summed E-state index contributed by atoms with van der Waals surface area (Å²) in [7, 11) is 0. The Morgan fingerprint density at radius 3 is 1.63 bits per heavy atom. The van der Waals surface area contributed by atoms with Crippen molar-refractivity contribution in [2.24, 2.45) is 0 Å². The molecule has 0 saturated heterocycles. The van der Waals surface area contributed by atoms with Gasteiger partial charge in [-0.15, -0.1) is 10.2 Å². The lowest BCUT2D eigenvalue weighted by Gasteiger charge is -2.12. The minimum atomic E-state index is 0.629. The highest BCUT2D eigenvalue weighted by Crippen LogP contribution is 2.36. The smallest absolute Gasteiger partial charge is 0.121 e. The van der Waals surface area contributed by atoms with E-state index >= 15 is 0 Å². The summed E-state index contributed by atoms with van der Waals surface area (Å²) < 4.78 is 0. The highest BCUT2D eigenvalue weighted by molar-refractivity contribution is 5.89. The van der Waals surface area contributed by atoms with Crippen LogP contribution in [0.4, 0.5) is 0 Å². The van der Waals surface area contributed by atoms with Gasteiger partial charge in [-0.3, -0.25) is 15.0 Å². The van der Waals surface area contributed by atoms with Gasteiger partial charge in [0.1, 0.15) is 17.1 Å². The minimum Gasteiger partial charge on any atom is -0.256 e. The molecule has 0 atom stereocenters. The van der Waals surface area contributed by atoms with E-state index in [0.29, 0.717) is 17.1 Å². The van der Waals surface area contributed by atoms with Crippen LogP contribution in [-0.4, -0.2) is 35.3 Å². The van der Waals surface area contributed by atoms with Crippen LogP contribution in [-0.2, 0) is 0 Å². The van der Waals surface area contributed by atoms with Crippen molar-refractivity contribution in [1.82, 2.24) is 35.3 Å². The molecule has 30 heavy (non-hydrogen) atoms. The molecule has 0 unspecified atom stereocenters. The third-order valence-electron chi connectivity index (χ3n) is 4.61. The van der Waals surface area contributed by atoms with Crippen molar-refractivity contribution in [2.45, 2.75) is 0 Å². The van der Waals surface area contributed by atoms with E-state index in [4.69, 9.17) is 0 Å². The lowest BCUT2D eigenvalue weighted by molar-refractivity contribution is 1.02. The number of hydrogen-bond donors (Lipinski definition) is 0. The Hall–Kier alpha value is -4.39. The monoisotopic (exact) mass is 389 g/mol. The molecule has 5 aromatic rings. The SMILES string of the molecule is c1ccc(-c2ccnnc2-c2cccnc2-c2nnccc2-c2ccccn2)nc1. The van der Waals surface area contributed by atoms with Crippen LogP contribution in [0.3, 0.4) is 0 Å². The fourth-order valence-corrected chi connectivity index (χ4v) is 3.28. The van der Waals surface area contributed by atoms with Gasteiger partial charge in [0.25, 0.3) is 0 Å². The summed E-state index contributed by atoms with van der Waals surface area (Å²) in [4.78, 5) is 13.6. The van der Waals surface area contributed by atoms with Gasteiger partial charge in [-0.25, -0.2) is 0 Å². The Labute approximate surface area is 172 Å². The molecular weight excluding hydrogens is 374 g/mol. The van der Waals surface area contributed by atoms with Crippen LogP contribution in [0.1, 0.15) is 0 Å². The van der Waals surface area contributed by atoms with Crippen molar-refractivity contribution < 1.29 is 0 Å². The zero-order valence-electron chi connectivity index (χ0n) is 15.8. The second-order valence-electron chi connectivity index (χ2n) is 6.42. The molecule has 0 bridgehead atoms. The van der Waals surface area contributed by atoms with Crippen molar-refractivity contribution in [1.29, 1.82) is 0 Å². The van der Waals surface area contributed by atoms with Gasteiger partial charge in [-0.1, -0.05) is 12.1 Å². The summed E-state index contributed by atoms with van der Waals surface area (Å²) in [5.74, 6) is 0. The molecule has 142 valence electrons. The first-order valence-electron chi connectivity index (χ1n) is 9.34. The number of pyridine rings is 3. The van der Waals surface area contributed by atoms with Gasteiger partial charge >= 0.3 is 0 Å². The van der Waals surface area contributed by atoms with E-state index in [1.54, 1.807) is 31.0 Å².